The molecule has 0 unspecified atom stereocenters. The first-order valence-electron chi connectivity index (χ1n) is 7.37. The average molecular weight is 307 g/mol. The van der Waals surface area contributed by atoms with E-state index in [1.165, 1.54) is 6.07 Å². The van der Waals surface area contributed by atoms with Gasteiger partial charge in [0.25, 0.3) is 5.91 Å². The number of amides is 1. The second-order valence-electron chi connectivity index (χ2n) is 5.75. The first-order valence-corrected chi connectivity index (χ1v) is 7.37. The van der Waals surface area contributed by atoms with Crippen LogP contribution in [0.25, 0.3) is 11.0 Å². The Hall–Kier alpha value is -2.88. The van der Waals surface area contributed by atoms with Crippen molar-refractivity contribution in [1.29, 1.82) is 0 Å². The molecule has 4 nitrogen and oxygen atoms in total. The molecule has 0 aliphatic heterocycles. The van der Waals surface area contributed by atoms with Crippen LogP contribution in [0, 0.1) is 20.8 Å². The summed E-state index contributed by atoms with van der Waals surface area (Å²) in [6.07, 6.45) is 0. The van der Waals surface area contributed by atoms with Crippen molar-refractivity contribution in [2.45, 2.75) is 20.8 Å². The molecule has 0 radical (unpaired) electrons. The molecule has 3 rings (SSSR count). The first kappa shape index (κ1) is 15.0. The number of carbonyl (C=O) groups is 1. The van der Waals surface area contributed by atoms with Gasteiger partial charge in [0.15, 0.2) is 11.2 Å². The van der Waals surface area contributed by atoms with Crippen molar-refractivity contribution in [2.24, 2.45) is 0 Å². The van der Waals surface area contributed by atoms with Gasteiger partial charge < -0.3 is 9.73 Å². The molecule has 23 heavy (non-hydrogen) atoms. The fourth-order valence-electron chi connectivity index (χ4n) is 2.61. The van der Waals surface area contributed by atoms with Crippen LogP contribution in [0.1, 0.15) is 27.2 Å². The van der Waals surface area contributed by atoms with Crippen LogP contribution >= 0.6 is 0 Å². The zero-order valence-corrected chi connectivity index (χ0v) is 13.3. The third-order valence-electron chi connectivity index (χ3n) is 3.71. The standard InChI is InChI=1S/C19H17NO3/c1-11-4-6-14(7-5-11)20-19(22)17-10-15(21)18-13(3)8-12(2)9-16(18)23-17/h4-10H,1-3H3,(H,20,22). The van der Waals surface area contributed by atoms with Gasteiger partial charge in [0.05, 0.1) is 5.39 Å². The van der Waals surface area contributed by atoms with Gasteiger partial charge in [-0.05, 0) is 50.1 Å². The molecule has 2 aromatic carbocycles. The Bertz CT molecular complexity index is 953. The quantitative estimate of drug-likeness (QED) is 0.779. The van der Waals surface area contributed by atoms with Crippen LogP contribution < -0.4 is 10.7 Å². The summed E-state index contributed by atoms with van der Waals surface area (Å²) in [6, 6.07) is 12.4. The van der Waals surface area contributed by atoms with Crippen LogP contribution in [0.15, 0.2) is 51.7 Å². The number of hydrogen-bond donors (Lipinski definition) is 1. The topological polar surface area (TPSA) is 59.3 Å². The van der Waals surface area contributed by atoms with Gasteiger partial charge in [0.2, 0.25) is 0 Å². The number of carbonyl (C=O) groups excluding carboxylic acids is 1. The van der Waals surface area contributed by atoms with Crippen molar-refractivity contribution >= 4 is 22.6 Å². The lowest BCUT2D eigenvalue weighted by Crippen LogP contribution is -2.15. The summed E-state index contributed by atoms with van der Waals surface area (Å²) < 4.78 is 5.65. The summed E-state index contributed by atoms with van der Waals surface area (Å²) in [7, 11) is 0. The number of aryl methyl sites for hydroxylation is 3. The van der Waals surface area contributed by atoms with Gasteiger partial charge in [0, 0.05) is 11.8 Å². The highest BCUT2D eigenvalue weighted by Gasteiger charge is 2.14. The highest BCUT2D eigenvalue weighted by atomic mass is 16.3. The van der Waals surface area contributed by atoms with Crippen LogP contribution in [-0.4, -0.2) is 5.91 Å². The van der Waals surface area contributed by atoms with E-state index in [9.17, 15) is 9.59 Å². The monoisotopic (exact) mass is 307 g/mol. The lowest BCUT2D eigenvalue weighted by atomic mass is 10.1. The number of nitrogens with one attached hydrogen (secondary N) is 1. The molecule has 0 saturated carbocycles. The van der Waals surface area contributed by atoms with E-state index in [0.29, 0.717) is 16.7 Å². The summed E-state index contributed by atoms with van der Waals surface area (Å²) in [5, 5.41) is 3.25. The normalized spacial score (nSPS) is 10.7. The lowest BCUT2D eigenvalue weighted by Gasteiger charge is -2.07. The number of anilines is 1. The Morgan fingerprint density at radius 2 is 1.65 bits per heavy atom. The van der Waals surface area contributed by atoms with Gasteiger partial charge in [-0.3, -0.25) is 9.59 Å². The number of rotatable bonds is 2. The molecule has 0 aliphatic rings. The first-order chi connectivity index (χ1) is 10.9. The maximum Gasteiger partial charge on any atom is 0.291 e. The minimum Gasteiger partial charge on any atom is -0.451 e. The largest absolute Gasteiger partial charge is 0.451 e. The number of fused-ring (bicyclic) bond motifs is 1. The molecule has 0 atom stereocenters. The maximum atomic E-state index is 12.3. The predicted octanol–water partition coefficient (Wildman–Crippen LogP) is 3.97. The van der Waals surface area contributed by atoms with Crippen molar-refractivity contribution in [3.63, 3.8) is 0 Å². The van der Waals surface area contributed by atoms with Gasteiger partial charge in [-0.25, -0.2) is 0 Å². The van der Waals surface area contributed by atoms with Gasteiger partial charge >= 0.3 is 0 Å². The molecule has 0 fully saturated rings. The SMILES string of the molecule is Cc1ccc(NC(=O)c2cc(=O)c3c(C)cc(C)cc3o2)cc1. The van der Waals surface area contributed by atoms with E-state index in [1.807, 2.05) is 39.0 Å². The third-order valence-corrected chi connectivity index (χ3v) is 3.71. The fraction of sp³-hybridized carbons (Fsp3) is 0.158. The molecule has 0 bridgehead atoms. The summed E-state index contributed by atoms with van der Waals surface area (Å²) in [5.74, 6) is -0.430. The van der Waals surface area contributed by atoms with Crippen LogP contribution in [-0.2, 0) is 0 Å². The average Bonchev–Trinajstić information content (AvgIpc) is 2.48. The van der Waals surface area contributed by atoms with Crippen LogP contribution in [0.5, 0.6) is 0 Å². The number of benzene rings is 2. The second-order valence-corrected chi connectivity index (χ2v) is 5.75. The zero-order valence-electron chi connectivity index (χ0n) is 13.3. The molecule has 1 heterocycles. The fourth-order valence-corrected chi connectivity index (χ4v) is 2.61. The molecule has 3 aromatic rings. The minimum atomic E-state index is -0.438. The van der Waals surface area contributed by atoms with E-state index in [4.69, 9.17) is 4.42 Å². The Kier molecular flexibility index (Phi) is 3.74. The van der Waals surface area contributed by atoms with E-state index in [1.54, 1.807) is 18.2 Å². The molecule has 0 spiro atoms. The molecule has 1 N–H and O–H groups in total. The molecule has 116 valence electrons. The van der Waals surface area contributed by atoms with E-state index in [2.05, 4.69) is 5.32 Å². The summed E-state index contributed by atoms with van der Waals surface area (Å²) >= 11 is 0. The molecule has 0 saturated heterocycles. The summed E-state index contributed by atoms with van der Waals surface area (Å²) in [4.78, 5) is 24.6. The predicted molar refractivity (Wildman–Crippen MR) is 91.1 cm³/mol. The minimum absolute atomic E-state index is 0.00748. The lowest BCUT2D eigenvalue weighted by molar-refractivity contribution is 0.0997. The van der Waals surface area contributed by atoms with E-state index in [-0.39, 0.29) is 11.2 Å². The second kappa shape index (κ2) is 5.72. The van der Waals surface area contributed by atoms with Crippen molar-refractivity contribution in [3.05, 3.63) is 75.1 Å². The van der Waals surface area contributed by atoms with Gasteiger partial charge in [-0.2, -0.15) is 0 Å². The summed E-state index contributed by atoms with van der Waals surface area (Å²) in [6.45, 7) is 5.75. The van der Waals surface area contributed by atoms with Crippen LogP contribution in [0.2, 0.25) is 0 Å². The molecule has 1 amide bonds. The van der Waals surface area contributed by atoms with E-state index >= 15 is 0 Å². The highest BCUT2D eigenvalue weighted by Crippen LogP contribution is 2.19. The Morgan fingerprint density at radius 3 is 2.35 bits per heavy atom. The van der Waals surface area contributed by atoms with Crippen LogP contribution in [0.4, 0.5) is 5.69 Å². The molecule has 4 heteroatoms. The van der Waals surface area contributed by atoms with E-state index in [0.717, 1.165) is 16.7 Å². The third kappa shape index (κ3) is 3.01. The summed E-state index contributed by atoms with van der Waals surface area (Å²) in [5.41, 5.74) is 3.81. The maximum absolute atomic E-state index is 12.3. The number of hydrogen-bond acceptors (Lipinski definition) is 3. The zero-order chi connectivity index (χ0) is 16.6. The van der Waals surface area contributed by atoms with Gasteiger partial charge in [0.1, 0.15) is 5.58 Å². The Labute approximate surface area is 133 Å². The Morgan fingerprint density at radius 1 is 0.957 bits per heavy atom. The van der Waals surface area contributed by atoms with Crippen molar-refractivity contribution in [2.75, 3.05) is 5.32 Å². The van der Waals surface area contributed by atoms with Crippen LogP contribution in [0.3, 0.4) is 0 Å². The smallest absolute Gasteiger partial charge is 0.291 e. The molecular weight excluding hydrogens is 290 g/mol. The molecule has 1 aromatic heterocycles. The van der Waals surface area contributed by atoms with Crippen molar-refractivity contribution in [1.82, 2.24) is 0 Å². The van der Waals surface area contributed by atoms with Crippen molar-refractivity contribution in [3.8, 4) is 0 Å². The Balaban J connectivity index is 2.01. The van der Waals surface area contributed by atoms with Gasteiger partial charge in [-0.1, -0.05) is 23.8 Å². The molecule has 0 aliphatic carbocycles. The molecular formula is C19H17NO3. The van der Waals surface area contributed by atoms with Gasteiger partial charge in [-0.15, -0.1) is 0 Å². The highest BCUT2D eigenvalue weighted by molar-refractivity contribution is 6.03. The van der Waals surface area contributed by atoms with E-state index < -0.39 is 5.91 Å². The van der Waals surface area contributed by atoms with Crippen molar-refractivity contribution < 1.29 is 9.21 Å².